The Morgan fingerprint density at radius 1 is 1.25 bits per heavy atom. The fourth-order valence-corrected chi connectivity index (χ4v) is 2.14. The maximum atomic E-state index is 10.9. The lowest BCUT2D eigenvalue weighted by Gasteiger charge is -2.28. The first-order chi connectivity index (χ1) is 7.76. The lowest BCUT2D eigenvalue weighted by Crippen LogP contribution is -2.35. The van der Waals surface area contributed by atoms with Crippen molar-refractivity contribution in [2.75, 3.05) is 20.8 Å². The number of nitrogens with one attached hydrogen (secondary N) is 1. The fraction of sp³-hybridized carbons (Fsp3) is 0.917. The molecule has 0 aliphatic heterocycles. The van der Waals surface area contributed by atoms with E-state index < -0.39 is 0 Å². The summed E-state index contributed by atoms with van der Waals surface area (Å²) in [5, 5.41) is 3.48. The molecule has 0 aromatic heterocycles. The molecule has 1 rings (SSSR count). The van der Waals surface area contributed by atoms with Crippen molar-refractivity contribution >= 4 is 5.97 Å². The number of rotatable bonds is 6. The molecule has 0 atom stereocenters. The number of hydrogen-bond acceptors (Lipinski definition) is 4. The van der Waals surface area contributed by atoms with Gasteiger partial charge in [-0.25, -0.2) is 0 Å². The molecule has 4 nitrogen and oxygen atoms in total. The minimum Gasteiger partial charge on any atom is -0.469 e. The molecule has 0 bridgehead atoms. The number of ether oxygens (including phenoxy) is 2. The Kier molecular flexibility index (Phi) is 6.42. The van der Waals surface area contributed by atoms with E-state index in [1.165, 1.54) is 20.0 Å². The molecule has 1 N–H and O–H groups in total. The molecule has 0 amide bonds. The van der Waals surface area contributed by atoms with Gasteiger partial charge >= 0.3 is 5.97 Å². The summed E-state index contributed by atoms with van der Waals surface area (Å²) in [6, 6.07) is 0.601. The van der Waals surface area contributed by atoms with Gasteiger partial charge in [-0.05, 0) is 38.6 Å². The molecule has 0 spiro atoms. The van der Waals surface area contributed by atoms with Crippen LogP contribution in [-0.4, -0.2) is 38.9 Å². The molecule has 16 heavy (non-hydrogen) atoms. The first kappa shape index (κ1) is 13.5. The van der Waals surface area contributed by atoms with Crippen molar-refractivity contribution in [3.8, 4) is 0 Å². The molecule has 1 fully saturated rings. The quantitative estimate of drug-likeness (QED) is 0.553. The van der Waals surface area contributed by atoms with Gasteiger partial charge in [-0.3, -0.25) is 4.79 Å². The number of carbonyl (C=O) groups excluding carboxylic acids is 1. The van der Waals surface area contributed by atoms with E-state index in [9.17, 15) is 4.79 Å². The third-order valence-electron chi connectivity index (χ3n) is 3.23. The molecule has 1 aliphatic rings. The first-order valence-corrected chi connectivity index (χ1v) is 6.09. The smallest absolute Gasteiger partial charge is 0.305 e. The Balaban J connectivity index is 2.00. The Morgan fingerprint density at radius 3 is 2.50 bits per heavy atom. The number of methoxy groups -OCH3 is 2. The summed E-state index contributed by atoms with van der Waals surface area (Å²) in [5.41, 5.74) is 0. The van der Waals surface area contributed by atoms with E-state index in [0.29, 0.717) is 18.6 Å². The van der Waals surface area contributed by atoms with Gasteiger partial charge < -0.3 is 14.8 Å². The monoisotopic (exact) mass is 229 g/mol. The molecule has 0 heterocycles. The van der Waals surface area contributed by atoms with Crippen molar-refractivity contribution in [2.24, 2.45) is 0 Å². The third-order valence-corrected chi connectivity index (χ3v) is 3.23. The Hall–Kier alpha value is -0.610. The van der Waals surface area contributed by atoms with Crippen LogP contribution < -0.4 is 5.32 Å². The Bertz CT molecular complexity index is 200. The van der Waals surface area contributed by atoms with Crippen LogP contribution in [-0.2, 0) is 14.3 Å². The van der Waals surface area contributed by atoms with Crippen LogP contribution in [0, 0.1) is 0 Å². The van der Waals surface area contributed by atoms with E-state index in [0.717, 1.165) is 25.8 Å². The van der Waals surface area contributed by atoms with Crippen LogP contribution in [0.2, 0.25) is 0 Å². The highest BCUT2D eigenvalue weighted by Gasteiger charge is 2.19. The van der Waals surface area contributed by atoms with Gasteiger partial charge in [0.2, 0.25) is 0 Å². The van der Waals surface area contributed by atoms with Gasteiger partial charge in [0.25, 0.3) is 0 Å². The standard InChI is InChI=1S/C12H23NO3/c1-15-11-7-5-10(6-8-11)13-9-3-4-12(14)16-2/h10-11,13H,3-9H2,1-2H3. The van der Waals surface area contributed by atoms with Crippen molar-refractivity contribution in [1.29, 1.82) is 0 Å². The van der Waals surface area contributed by atoms with Gasteiger partial charge in [0.05, 0.1) is 13.2 Å². The van der Waals surface area contributed by atoms with E-state index in [2.05, 4.69) is 10.1 Å². The van der Waals surface area contributed by atoms with Crippen molar-refractivity contribution in [1.82, 2.24) is 5.32 Å². The van der Waals surface area contributed by atoms with Crippen LogP contribution in [0.25, 0.3) is 0 Å². The average Bonchev–Trinajstić information content (AvgIpc) is 2.35. The van der Waals surface area contributed by atoms with Crippen molar-refractivity contribution < 1.29 is 14.3 Å². The molecule has 0 radical (unpaired) electrons. The van der Waals surface area contributed by atoms with E-state index in [1.54, 1.807) is 7.11 Å². The van der Waals surface area contributed by atoms with Gasteiger partial charge in [-0.1, -0.05) is 0 Å². The van der Waals surface area contributed by atoms with E-state index >= 15 is 0 Å². The third kappa shape index (κ3) is 4.94. The normalized spacial score (nSPS) is 25.4. The van der Waals surface area contributed by atoms with Gasteiger partial charge in [-0.2, -0.15) is 0 Å². The highest BCUT2D eigenvalue weighted by molar-refractivity contribution is 5.69. The number of hydrogen-bond donors (Lipinski definition) is 1. The molecule has 0 saturated heterocycles. The molecule has 0 aromatic rings. The zero-order valence-electron chi connectivity index (χ0n) is 10.3. The molecule has 1 aliphatic carbocycles. The highest BCUT2D eigenvalue weighted by atomic mass is 16.5. The summed E-state index contributed by atoms with van der Waals surface area (Å²) in [7, 11) is 3.22. The highest BCUT2D eigenvalue weighted by Crippen LogP contribution is 2.20. The van der Waals surface area contributed by atoms with Crippen molar-refractivity contribution in [3.63, 3.8) is 0 Å². The summed E-state index contributed by atoms with van der Waals surface area (Å²) in [6.07, 6.45) is 6.46. The zero-order chi connectivity index (χ0) is 11.8. The van der Waals surface area contributed by atoms with Crippen LogP contribution in [0.5, 0.6) is 0 Å². The summed E-state index contributed by atoms with van der Waals surface area (Å²) in [5.74, 6) is -0.120. The predicted molar refractivity (Wildman–Crippen MR) is 62.3 cm³/mol. The van der Waals surface area contributed by atoms with Crippen LogP contribution in [0.4, 0.5) is 0 Å². The second-order valence-electron chi connectivity index (χ2n) is 4.34. The molecular formula is C12H23NO3. The summed E-state index contributed by atoms with van der Waals surface area (Å²) < 4.78 is 9.91. The zero-order valence-corrected chi connectivity index (χ0v) is 10.3. The Morgan fingerprint density at radius 2 is 1.94 bits per heavy atom. The van der Waals surface area contributed by atoms with Crippen LogP contribution in [0.3, 0.4) is 0 Å². The van der Waals surface area contributed by atoms with Gasteiger partial charge in [0.15, 0.2) is 0 Å². The summed E-state index contributed by atoms with van der Waals surface area (Å²) in [4.78, 5) is 10.9. The minimum atomic E-state index is -0.120. The van der Waals surface area contributed by atoms with Gasteiger partial charge in [-0.15, -0.1) is 0 Å². The second-order valence-corrected chi connectivity index (χ2v) is 4.34. The predicted octanol–water partition coefficient (Wildman–Crippen LogP) is 1.49. The first-order valence-electron chi connectivity index (χ1n) is 6.09. The van der Waals surface area contributed by atoms with Gasteiger partial charge in [0, 0.05) is 19.6 Å². The molecule has 94 valence electrons. The van der Waals surface area contributed by atoms with Crippen molar-refractivity contribution in [3.05, 3.63) is 0 Å². The molecular weight excluding hydrogens is 206 g/mol. The maximum Gasteiger partial charge on any atom is 0.305 e. The average molecular weight is 229 g/mol. The second kappa shape index (κ2) is 7.63. The van der Waals surface area contributed by atoms with Crippen LogP contribution >= 0.6 is 0 Å². The molecule has 0 unspecified atom stereocenters. The van der Waals surface area contributed by atoms with E-state index in [-0.39, 0.29) is 5.97 Å². The summed E-state index contributed by atoms with van der Waals surface area (Å²) >= 11 is 0. The topological polar surface area (TPSA) is 47.6 Å². The number of esters is 1. The SMILES string of the molecule is COC(=O)CCCNC1CCC(OC)CC1. The van der Waals surface area contributed by atoms with Crippen molar-refractivity contribution in [2.45, 2.75) is 50.7 Å². The largest absolute Gasteiger partial charge is 0.469 e. The van der Waals surface area contributed by atoms with E-state index in [1.807, 2.05) is 0 Å². The van der Waals surface area contributed by atoms with Crippen LogP contribution in [0.15, 0.2) is 0 Å². The maximum absolute atomic E-state index is 10.9. The summed E-state index contributed by atoms with van der Waals surface area (Å²) in [6.45, 7) is 0.900. The minimum absolute atomic E-state index is 0.120. The lowest BCUT2D eigenvalue weighted by atomic mass is 9.93. The molecule has 1 saturated carbocycles. The lowest BCUT2D eigenvalue weighted by molar-refractivity contribution is -0.140. The molecule has 0 aromatic carbocycles. The van der Waals surface area contributed by atoms with Crippen LogP contribution in [0.1, 0.15) is 38.5 Å². The molecule has 4 heteroatoms. The van der Waals surface area contributed by atoms with Gasteiger partial charge in [0.1, 0.15) is 0 Å². The Labute approximate surface area is 97.7 Å². The number of carbonyl (C=O) groups is 1. The van der Waals surface area contributed by atoms with E-state index in [4.69, 9.17) is 4.74 Å². The fourth-order valence-electron chi connectivity index (χ4n) is 2.14.